The molecule has 0 amide bonds. The normalized spacial score (nSPS) is 11.5. The van der Waals surface area contributed by atoms with Gasteiger partial charge in [0.05, 0.1) is 17.7 Å². The molecule has 0 fully saturated rings. The molecule has 0 spiro atoms. The van der Waals surface area contributed by atoms with Gasteiger partial charge in [0.25, 0.3) is 0 Å². The van der Waals surface area contributed by atoms with Crippen LogP contribution in [0.4, 0.5) is 5.69 Å². The number of hydrogen-bond acceptors (Lipinski definition) is 6. The monoisotopic (exact) mass is 310 g/mol. The minimum absolute atomic E-state index is 0.0490. The van der Waals surface area contributed by atoms with Gasteiger partial charge in [-0.2, -0.15) is 5.10 Å². The number of aromatic nitrogens is 3. The summed E-state index contributed by atoms with van der Waals surface area (Å²) >= 11 is 0. The minimum atomic E-state index is -3.62. The molecule has 0 saturated carbocycles. The van der Waals surface area contributed by atoms with Gasteiger partial charge in [0.1, 0.15) is 23.7 Å². The van der Waals surface area contributed by atoms with Crippen LogP contribution in [0.15, 0.2) is 29.4 Å². The Morgan fingerprint density at radius 3 is 2.81 bits per heavy atom. The van der Waals surface area contributed by atoms with E-state index in [9.17, 15) is 8.42 Å². The number of aryl methyl sites for hydroxylation is 1. The SMILES string of the molecule is CCCn1ncnc1CS(=O)(=O)c1cc(OC)ccc1N. The number of sulfone groups is 1. The number of nitrogens with zero attached hydrogens (tertiary/aromatic N) is 3. The van der Waals surface area contributed by atoms with E-state index in [0.29, 0.717) is 18.1 Å². The van der Waals surface area contributed by atoms with Crippen molar-refractivity contribution in [2.75, 3.05) is 12.8 Å². The van der Waals surface area contributed by atoms with Crippen molar-refractivity contribution in [1.82, 2.24) is 14.8 Å². The maximum Gasteiger partial charge on any atom is 0.187 e. The highest BCUT2D eigenvalue weighted by molar-refractivity contribution is 7.90. The quantitative estimate of drug-likeness (QED) is 0.806. The zero-order valence-corrected chi connectivity index (χ0v) is 12.8. The van der Waals surface area contributed by atoms with Crippen LogP contribution in [0.3, 0.4) is 0 Å². The molecule has 0 aliphatic carbocycles. The van der Waals surface area contributed by atoms with Gasteiger partial charge in [0.15, 0.2) is 9.84 Å². The fourth-order valence-corrected chi connectivity index (χ4v) is 3.40. The lowest BCUT2D eigenvalue weighted by atomic mass is 10.3. The van der Waals surface area contributed by atoms with Crippen molar-refractivity contribution >= 4 is 15.5 Å². The van der Waals surface area contributed by atoms with E-state index in [0.717, 1.165) is 6.42 Å². The summed E-state index contributed by atoms with van der Waals surface area (Å²) in [5.74, 6) is 0.599. The van der Waals surface area contributed by atoms with Gasteiger partial charge in [0, 0.05) is 12.6 Å². The lowest BCUT2D eigenvalue weighted by molar-refractivity contribution is 0.413. The standard InChI is InChI=1S/C13H18N4O3S/c1-3-6-17-13(15-9-16-17)8-21(18,19)12-7-10(20-2)4-5-11(12)14/h4-5,7,9H,3,6,8,14H2,1-2H3. The number of nitrogen functional groups attached to an aromatic ring is 1. The first-order valence-corrected chi connectivity index (χ1v) is 8.16. The first-order chi connectivity index (χ1) is 9.97. The predicted octanol–water partition coefficient (Wildman–Crippen LogP) is 1.25. The molecule has 0 bridgehead atoms. The zero-order valence-electron chi connectivity index (χ0n) is 12.0. The third-order valence-electron chi connectivity index (χ3n) is 3.01. The Labute approximate surface area is 123 Å². The largest absolute Gasteiger partial charge is 0.497 e. The van der Waals surface area contributed by atoms with E-state index in [1.165, 1.54) is 25.6 Å². The number of ether oxygens (including phenoxy) is 1. The van der Waals surface area contributed by atoms with Crippen molar-refractivity contribution in [2.45, 2.75) is 30.5 Å². The first-order valence-electron chi connectivity index (χ1n) is 6.51. The molecule has 0 unspecified atom stereocenters. The van der Waals surface area contributed by atoms with E-state index in [-0.39, 0.29) is 16.3 Å². The average molecular weight is 310 g/mol. The molecule has 2 aromatic rings. The number of hydrogen-bond donors (Lipinski definition) is 1. The molecular formula is C13H18N4O3S. The Bertz CT molecular complexity index is 725. The first kappa shape index (κ1) is 15.3. The molecule has 7 nitrogen and oxygen atoms in total. The summed E-state index contributed by atoms with van der Waals surface area (Å²) in [6.07, 6.45) is 2.20. The smallest absolute Gasteiger partial charge is 0.187 e. The second-order valence-corrected chi connectivity index (χ2v) is 6.52. The fourth-order valence-electron chi connectivity index (χ4n) is 1.96. The highest BCUT2D eigenvalue weighted by Crippen LogP contribution is 2.26. The third kappa shape index (κ3) is 3.33. The summed E-state index contributed by atoms with van der Waals surface area (Å²) in [6, 6.07) is 4.56. The molecule has 0 aliphatic rings. The van der Waals surface area contributed by atoms with Crippen LogP contribution in [-0.2, 0) is 22.1 Å². The maximum absolute atomic E-state index is 12.5. The highest BCUT2D eigenvalue weighted by Gasteiger charge is 2.22. The molecule has 0 saturated heterocycles. The third-order valence-corrected chi connectivity index (χ3v) is 4.67. The fraction of sp³-hybridized carbons (Fsp3) is 0.385. The molecule has 21 heavy (non-hydrogen) atoms. The molecule has 1 heterocycles. The van der Waals surface area contributed by atoms with E-state index >= 15 is 0 Å². The number of benzene rings is 1. The topological polar surface area (TPSA) is 100 Å². The molecule has 0 radical (unpaired) electrons. The van der Waals surface area contributed by atoms with Gasteiger partial charge in [-0.1, -0.05) is 6.92 Å². The molecular weight excluding hydrogens is 292 g/mol. The molecule has 114 valence electrons. The van der Waals surface area contributed by atoms with Gasteiger partial charge in [-0.05, 0) is 18.6 Å². The van der Waals surface area contributed by atoms with Gasteiger partial charge in [-0.15, -0.1) is 0 Å². The lowest BCUT2D eigenvalue weighted by Gasteiger charge is -2.10. The Morgan fingerprint density at radius 2 is 2.14 bits per heavy atom. The van der Waals surface area contributed by atoms with E-state index < -0.39 is 9.84 Å². The summed E-state index contributed by atoms with van der Waals surface area (Å²) < 4.78 is 31.7. The van der Waals surface area contributed by atoms with Gasteiger partial charge < -0.3 is 10.5 Å². The van der Waals surface area contributed by atoms with E-state index in [4.69, 9.17) is 10.5 Å². The Morgan fingerprint density at radius 1 is 1.38 bits per heavy atom. The van der Waals surface area contributed by atoms with Crippen molar-refractivity contribution in [2.24, 2.45) is 0 Å². The summed E-state index contributed by atoms with van der Waals surface area (Å²) in [5.41, 5.74) is 5.97. The second-order valence-electron chi connectivity index (χ2n) is 4.56. The summed E-state index contributed by atoms with van der Waals surface area (Å²) in [5, 5.41) is 4.03. The van der Waals surface area contributed by atoms with Crippen molar-refractivity contribution in [1.29, 1.82) is 0 Å². The maximum atomic E-state index is 12.5. The molecule has 0 aliphatic heterocycles. The van der Waals surface area contributed by atoms with Crippen LogP contribution in [0.1, 0.15) is 19.2 Å². The van der Waals surface area contributed by atoms with Crippen LogP contribution in [-0.4, -0.2) is 30.3 Å². The summed E-state index contributed by atoms with van der Waals surface area (Å²) in [6.45, 7) is 2.61. The Hall–Kier alpha value is -2.09. The van der Waals surface area contributed by atoms with Crippen LogP contribution < -0.4 is 10.5 Å². The van der Waals surface area contributed by atoms with Gasteiger partial charge in [0.2, 0.25) is 0 Å². The van der Waals surface area contributed by atoms with Crippen LogP contribution in [0.5, 0.6) is 5.75 Å². The summed E-state index contributed by atoms with van der Waals surface area (Å²) in [7, 11) is -2.14. The van der Waals surface area contributed by atoms with Gasteiger partial charge in [-0.25, -0.2) is 18.1 Å². The van der Waals surface area contributed by atoms with Crippen molar-refractivity contribution in [3.63, 3.8) is 0 Å². The van der Waals surface area contributed by atoms with Crippen LogP contribution >= 0.6 is 0 Å². The zero-order chi connectivity index (χ0) is 15.5. The average Bonchev–Trinajstić information content (AvgIpc) is 2.86. The van der Waals surface area contributed by atoms with Crippen molar-refractivity contribution < 1.29 is 13.2 Å². The second kappa shape index (κ2) is 6.13. The minimum Gasteiger partial charge on any atom is -0.497 e. The highest BCUT2D eigenvalue weighted by atomic mass is 32.2. The van der Waals surface area contributed by atoms with Crippen molar-refractivity contribution in [3.05, 3.63) is 30.4 Å². The van der Waals surface area contributed by atoms with Crippen molar-refractivity contribution in [3.8, 4) is 5.75 Å². The molecule has 8 heteroatoms. The molecule has 2 N–H and O–H groups in total. The molecule has 1 aromatic carbocycles. The van der Waals surface area contributed by atoms with E-state index in [2.05, 4.69) is 10.1 Å². The number of methoxy groups -OCH3 is 1. The molecule has 1 aromatic heterocycles. The van der Waals surface area contributed by atoms with Crippen LogP contribution in [0, 0.1) is 0 Å². The van der Waals surface area contributed by atoms with E-state index in [1.807, 2.05) is 6.92 Å². The Kier molecular flexibility index (Phi) is 4.46. The molecule has 2 rings (SSSR count). The number of anilines is 1. The summed E-state index contributed by atoms with van der Waals surface area (Å²) in [4.78, 5) is 4.07. The van der Waals surface area contributed by atoms with Gasteiger partial charge >= 0.3 is 0 Å². The van der Waals surface area contributed by atoms with Gasteiger partial charge in [-0.3, -0.25) is 0 Å². The lowest BCUT2D eigenvalue weighted by Crippen LogP contribution is -2.13. The number of nitrogens with two attached hydrogens (primary N) is 1. The number of rotatable bonds is 6. The van der Waals surface area contributed by atoms with Crippen LogP contribution in [0.2, 0.25) is 0 Å². The van der Waals surface area contributed by atoms with E-state index in [1.54, 1.807) is 10.7 Å². The predicted molar refractivity (Wildman–Crippen MR) is 78.6 cm³/mol. The molecule has 0 atom stereocenters. The van der Waals surface area contributed by atoms with Crippen LogP contribution in [0.25, 0.3) is 0 Å². The Balaban J connectivity index is 2.36.